The molecule has 29 heavy (non-hydrogen) atoms. The highest BCUT2D eigenvalue weighted by Gasteiger charge is 2.66. The third-order valence-corrected chi connectivity index (χ3v) is 54.3. The van der Waals surface area contributed by atoms with Crippen molar-refractivity contribution in [3.05, 3.63) is 0 Å². The van der Waals surface area contributed by atoms with E-state index in [4.69, 9.17) is 0 Å². The maximum absolute atomic E-state index is 2.84. The maximum Gasteiger partial charge on any atom is 0.0724 e. The van der Waals surface area contributed by atoms with Crippen LogP contribution in [0.2, 0.25) is 78.8 Å². The van der Waals surface area contributed by atoms with Crippen LogP contribution in [-0.2, 0) is 0 Å². The van der Waals surface area contributed by atoms with Crippen LogP contribution in [0.4, 0.5) is 0 Å². The molecule has 0 amide bonds. The normalized spacial score (nSPS) is 19.4. The van der Waals surface area contributed by atoms with Gasteiger partial charge in [-0.2, -0.15) is 0 Å². The minimum Gasteiger partial charge on any atom is -0.101 e. The molecule has 0 saturated carbocycles. The smallest absolute Gasteiger partial charge is 0.0724 e. The highest BCUT2D eigenvalue weighted by Crippen LogP contribution is 2.62. The van der Waals surface area contributed by atoms with Crippen LogP contribution >= 0.6 is 0 Å². The minimum atomic E-state index is -1.43. The molecule has 1 rings (SSSR count). The molecule has 0 aromatic carbocycles. The van der Waals surface area contributed by atoms with E-state index >= 15 is 0 Å². The molecule has 1 aliphatic rings. The molecule has 1 heterocycles. The summed E-state index contributed by atoms with van der Waals surface area (Å²) in [5.41, 5.74) is 3.59. The van der Waals surface area contributed by atoms with Gasteiger partial charge in [0, 0.05) is 0 Å². The van der Waals surface area contributed by atoms with E-state index in [-0.39, 0.29) is 0 Å². The Morgan fingerprint density at radius 3 is 1.28 bits per heavy atom. The molecule has 172 valence electrons. The monoisotopic (exact) mass is 484 g/mol. The molecule has 1 aliphatic heterocycles. The zero-order valence-electron chi connectivity index (χ0n) is 23.2. The van der Waals surface area contributed by atoms with Crippen molar-refractivity contribution in [2.24, 2.45) is 0 Å². The number of hydrogen-bond acceptors (Lipinski definition) is 0. The second-order valence-electron chi connectivity index (χ2n) is 13.8. The maximum atomic E-state index is 2.84. The van der Waals surface area contributed by atoms with Crippen molar-refractivity contribution in [2.45, 2.75) is 147 Å². The average Bonchev–Trinajstić information content (AvgIpc) is 2.97. The lowest BCUT2D eigenvalue weighted by Crippen LogP contribution is -2.70. The summed E-state index contributed by atoms with van der Waals surface area (Å²) in [5, 5.41) is 0. The van der Waals surface area contributed by atoms with Crippen LogP contribution in [0.5, 0.6) is 0 Å². The average molecular weight is 485 g/mol. The molecule has 0 atom stereocenters. The molecule has 0 saturated heterocycles. The van der Waals surface area contributed by atoms with Crippen molar-refractivity contribution in [3.63, 3.8) is 0 Å². The molecule has 0 N–H and O–H groups in total. The third-order valence-electron chi connectivity index (χ3n) is 10.9. The van der Waals surface area contributed by atoms with E-state index in [1.165, 1.54) is 6.42 Å². The van der Waals surface area contributed by atoms with Crippen LogP contribution in [0.3, 0.4) is 0 Å². The van der Waals surface area contributed by atoms with Crippen molar-refractivity contribution in [2.75, 3.05) is 0 Å². The number of hydrogen-bond donors (Lipinski definition) is 0. The predicted octanol–water partition coefficient (Wildman–Crippen LogP) is 8.94. The lowest BCUT2D eigenvalue weighted by molar-refractivity contribution is 0.783. The molecule has 0 unspecified atom stereocenters. The first kappa shape index (κ1) is 28.0. The fraction of sp³-hybridized carbons (Fsp3) is 0.958. The van der Waals surface area contributed by atoms with E-state index in [9.17, 15) is 0 Å². The third kappa shape index (κ3) is 4.18. The van der Waals surface area contributed by atoms with E-state index in [2.05, 4.69) is 113 Å². The highest BCUT2D eigenvalue weighted by molar-refractivity contribution is 7.47. The van der Waals surface area contributed by atoms with E-state index < -0.39 is 39.7 Å². The van der Waals surface area contributed by atoms with E-state index in [0.29, 0.717) is 0 Å². The van der Waals surface area contributed by atoms with Gasteiger partial charge in [0.05, 0.1) is 31.8 Å². The van der Waals surface area contributed by atoms with Crippen molar-refractivity contribution < 1.29 is 0 Å². The predicted molar refractivity (Wildman–Crippen MR) is 153 cm³/mol. The van der Waals surface area contributed by atoms with Gasteiger partial charge in [-0.1, -0.05) is 124 Å². The minimum absolute atomic E-state index is 0.488. The first-order chi connectivity index (χ1) is 12.7. The molecule has 0 fully saturated rings. The summed E-state index contributed by atoms with van der Waals surface area (Å²) in [6, 6.07) is 0. The topological polar surface area (TPSA) is 0 Å². The summed E-state index contributed by atoms with van der Waals surface area (Å²) >= 11 is 0. The molecule has 0 aromatic rings. The lowest BCUT2D eigenvalue weighted by Gasteiger charge is -2.60. The summed E-state index contributed by atoms with van der Waals surface area (Å²) in [5.74, 6) is 0. The Morgan fingerprint density at radius 2 is 1.00 bits per heavy atom. The van der Waals surface area contributed by atoms with Crippen LogP contribution in [-0.4, -0.2) is 44.5 Å². The van der Waals surface area contributed by atoms with Crippen LogP contribution in [0.15, 0.2) is 0 Å². The zero-order chi connectivity index (χ0) is 23.4. The largest absolute Gasteiger partial charge is 0.101 e. The molecule has 0 bridgehead atoms. The van der Waals surface area contributed by atoms with Crippen molar-refractivity contribution in [1.82, 2.24) is 0 Å². The summed E-state index contributed by atoms with van der Waals surface area (Å²) in [7, 11) is -6.03. The van der Waals surface area contributed by atoms with E-state index in [1.807, 2.05) is 0 Å². The molecule has 0 spiro atoms. The Morgan fingerprint density at radius 1 is 0.621 bits per heavy atom. The molecule has 5 heteroatoms. The zero-order valence-corrected chi connectivity index (χ0v) is 28.2. The first-order valence-corrected chi connectivity index (χ1v) is 27.3. The summed E-state index contributed by atoms with van der Waals surface area (Å²) in [6.45, 7) is 43.3. The molecule has 0 aliphatic carbocycles. The molecular weight excluding hydrogens is 429 g/mol. The van der Waals surface area contributed by atoms with Gasteiger partial charge in [0.2, 0.25) is 0 Å². The van der Waals surface area contributed by atoms with Crippen LogP contribution < -0.4 is 0 Å². The van der Waals surface area contributed by atoms with E-state index in [1.54, 1.807) is 6.42 Å². The highest BCUT2D eigenvalue weighted by atomic mass is 29.2. The van der Waals surface area contributed by atoms with Gasteiger partial charge >= 0.3 is 0 Å². The molecular formula is C24H56Si5. The Bertz CT molecular complexity index is 601. The van der Waals surface area contributed by atoms with Crippen LogP contribution in [0.25, 0.3) is 0 Å². The molecule has 0 nitrogen and oxygen atoms in total. The summed E-state index contributed by atoms with van der Waals surface area (Å²) in [4.78, 5) is 2.24. The SMILES string of the molecule is CC(C)[Si](C)(C)C1=[Si]([Si](C)(C)C(C)C)C([Si](C)(C)C(C)C)([Si](C)(C)C(C)C)CC1. The van der Waals surface area contributed by atoms with Crippen molar-refractivity contribution in [3.8, 4) is 0 Å². The van der Waals surface area contributed by atoms with Gasteiger partial charge in [0.25, 0.3) is 0 Å². The standard InChI is InChI=1S/C24H56Si5/c1-19(2)26(9,10)23-17-18-24(27(11,12)20(3)4,28(13,14)21(5)6)25(23)29(15,16)22(7)8/h19-22H,17-18H2,1-16H3. The second-order valence-corrected chi connectivity index (χ2v) is 44.0. The van der Waals surface area contributed by atoms with Gasteiger partial charge in [0.1, 0.15) is 0 Å². The van der Waals surface area contributed by atoms with Gasteiger partial charge in [0.15, 0.2) is 0 Å². The van der Waals surface area contributed by atoms with Crippen molar-refractivity contribution in [1.29, 1.82) is 0 Å². The van der Waals surface area contributed by atoms with Gasteiger partial charge in [-0.05, 0) is 30.6 Å². The van der Waals surface area contributed by atoms with Gasteiger partial charge < -0.3 is 0 Å². The van der Waals surface area contributed by atoms with Crippen LogP contribution in [0, 0.1) is 0 Å². The number of rotatable bonds is 8. The molecule has 0 radical (unpaired) electrons. The van der Waals surface area contributed by atoms with Gasteiger partial charge in [-0.3, -0.25) is 0 Å². The summed E-state index contributed by atoms with van der Waals surface area (Å²) < 4.78 is 0.765. The molecule has 0 aromatic heterocycles. The van der Waals surface area contributed by atoms with Crippen molar-refractivity contribution >= 4 is 44.5 Å². The Kier molecular flexibility index (Phi) is 8.41. The fourth-order valence-electron chi connectivity index (χ4n) is 6.15. The van der Waals surface area contributed by atoms with E-state index in [0.717, 1.165) is 26.4 Å². The Hall–Kier alpha value is 0.954. The summed E-state index contributed by atoms with van der Waals surface area (Å²) in [6.07, 6.45) is 3.10. The Balaban J connectivity index is 4.21. The van der Waals surface area contributed by atoms with Crippen LogP contribution in [0.1, 0.15) is 68.2 Å². The quantitative estimate of drug-likeness (QED) is 0.301. The first-order valence-electron chi connectivity index (χ1n) is 12.5. The second kappa shape index (κ2) is 8.71. The Labute approximate surface area is 191 Å². The lowest BCUT2D eigenvalue weighted by atomic mass is 10.4. The van der Waals surface area contributed by atoms with Gasteiger partial charge in [-0.25, -0.2) is 0 Å². The van der Waals surface area contributed by atoms with Gasteiger partial charge in [-0.15, -0.1) is 4.79 Å². The fourth-order valence-corrected chi connectivity index (χ4v) is 61.4.